The summed E-state index contributed by atoms with van der Waals surface area (Å²) >= 11 is 0. The van der Waals surface area contributed by atoms with Crippen molar-refractivity contribution in [2.75, 3.05) is 7.11 Å². The molecule has 2 aromatic carbocycles. The molecule has 0 amide bonds. The van der Waals surface area contributed by atoms with Crippen LogP contribution in [0.5, 0.6) is 5.75 Å². The maximum Gasteiger partial charge on any atom is 0.351 e. The fourth-order valence-electron chi connectivity index (χ4n) is 3.24. The number of aromatic carboxylic acids is 2. The number of methoxy groups -OCH3 is 1. The summed E-state index contributed by atoms with van der Waals surface area (Å²) in [7, 11) is 1.42. The summed E-state index contributed by atoms with van der Waals surface area (Å²) in [5.41, 5.74) is -2.88. The number of hydrogen-bond donors (Lipinski definition) is 2. The van der Waals surface area contributed by atoms with E-state index in [0.717, 1.165) is 12.1 Å². The van der Waals surface area contributed by atoms with Gasteiger partial charge >= 0.3 is 23.2 Å². The highest BCUT2D eigenvalue weighted by molar-refractivity contribution is 6.10. The Kier molecular flexibility index (Phi) is 4.35. The van der Waals surface area contributed by atoms with Crippen LogP contribution in [0.3, 0.4) is 0 Å². The Morgan fingerprint density at radius 2 is 1.33 bits per heavy atom. The Labute approximate surface area is 166 Å². The monoisotopic (exact) mass is 408 g/mol. The number of benzene rings is 2. The molecule has 0 aliphatic rings. The van der Waals surface area contributed by atoms with Gasteiger partial charge in [-0.25, -0.2) is 19.2 Å². The van der Waals surface area contributed by atoms with Gasteiger partial charge in [0.2, 0.25) is 0 Å². The first-order chi connectivity index (χ1) is 14.3. The zero-order valence-corrected chi connectivity index (χ0v) is 15.3. The molecule has 4 rings (SSSR count). The maximum absolute atomic E-state index is 12.2. The summed E-state index contributed by atoms with van der Waals surface area (Å²) in [6, 6.07) is 10.3. The summed E-state index contributed by atoms with van der Waals surface area (Å²) in [6.07, 6.45) is 0. The van der Waals surface area contributed by atoms with E-state index in [1.807, 2.05) is 0 Å². The number of fused-ring (bicyclic) bond motifs is 2. The molecule has 0 saturated heterocycles. The van der Waals surface area contributed by atoms with E-state index in [-0.39, 0.29) is 27.5 Å². The predicted octanol–water partition coefficient (Wildman–Crippen LogP) is 2.97. The second kappa shape index (κ2) is 6.89. The molecule has 30 heavy (non-hydrogen) atoms. The number of rotatable bonds is 4. The lowest BCUT2D eigenvalue weighted by Crippen LogP contribution is -2.14. The molecule has 2 N–H and O–H groups in total. The average Bonchev–Trinajstić information content (AvgIpc) is 2.71. The molecule has 0 aliphatic heterocycles. The predicted molar refractivity (Wildman–Crippen MR) is 104 cm³/mol. The van der Waals surface area contributed by atoms with Crippen molar-refractivity contribution in [3.8, 4) is 16.9 Å². The molecule has 0 radical (unpaired) electrons. The van der Waals surface area contributed by atoms with Crippen LogP contribution in [0.4, 0.5) is 0 Å². The lowest BCUT2D eigenvalue weighted by Gasteiger charge is -2.13. The number of hydrogen-bond acceptors (Lipinski definition) is 7. The van der Waals surface area contributed by atoms with Gasteiger partial charge in [0.15, 0.2) is 0 Å². The number of carboxylic acids is 2. The molecule has 0 saturated carbocycles. The van der Waals surface area contributed by atoms with Crippen LogP contribution in [-0.4, -0.2) is 29.3 Å². The Bertz CT molecular complexity index is 1390. The van der Waals surface area contributed by atoms with Gasteiger partial charge in [0.05, 0.1) is 12.7 Å². The molecular formula is C21H12O9. The highest BCUT2D eigenvalue weighted by Crippen LogP contribution is 2.40. The Balaban J connectivity index is 2.27. The van der Waals surface area contributed by atoms with E-state index in [4.69, 9.17) is 13.6 Å². The van der Waals surface area contributed by atoms with E-state index in [1.54, 1.807) is 24.3 Å². The van der Waals surface area contributed by atoms with E-state index >= 15 is 0 Å². The van der Waals surface area contributed by atoms with Gasteiger partial charge in [-0.2, -0.15) is 0 Å². The quantitative estimate of drug-likeness (QED) is 0.384. The third-order valence-electron chi connectivity index (χ3n) is 4.56. The van der Waals surface area contributed by atoms with Crippen molar-refractivity contribution in [3.63, 3.8) is 0 Å². The minimum Gasteiger partial charge on any atom is -0.496 e. The third-order valence-corrected chi connectivity index (χ3v) is 4.56. The van der Waals surface area contributed by atoms with Crippen molar-refractivity contribution < 1.29 is 33.4 Å². The minimum atomic E-state index is -1.48. The van der Waals surface area contributed by atoms with Gasteiger partial charge in [-0.3, -0.25) is 0 Å². The SMILES string of the molecule is COc1ccccc1-c1c2oc(=O)c(C(=O)O)cc2cc2cc(C(=O)O)c(=O)oc12. The lowest BCUT2D eigenvalue weighted by atomic mass is 9.97. The summed E-state index contributed by atoms with van der Waals surface area (Å²) in [5, 5.41) is 18.9. The number of para-hydroxylation sites is 1. The molecular weight excluding hydrogens is 396 g/mol. The van der Waals surface area contributed by atoms with Gasteiger partial charge < -0.3 is 23.8 Å². The molecule has 0 bridgehead atoms. The molecule has 9 heteroatoms. The largest absolute Gasteiger partial charge is 0.496 e. The molecule has 150 valence electrons. The molecule has 0 unspecified atom stereocenters. The Morgan fingerprint density at radius 3 is 1.80 bits per heavy atom. The molecule has 0 atom stereocenters. The van der Waals surface area contributed by atoms with E-state index in [0.29, 0.717) is 11.3 Å². The zero-order chi connectivity index (χ0) is 21.6. The minimum absolute atomic E-state index is 0.0341. The number of carbonyl (C=O) groups is 2. The van der Waals surface area contributed by atoms with E-state index in [1.165, 1.54) is 13.2 Å². The van der Waals surface area contributed by atoms with Crippen molar-refractivity contribution in [2.24, 2.45) is 0 Å². The molecule has 0 fully saturated rings. The number of carboxylic acid groups (broad SMARTS) is 2. The van der Waals surface area contributed by atoms with Gasteiger partial charge in [-0.15, -0.1) is 0 Å². The fraction of sp³-hybridized carbons (Fsp3) is 0.0476. The molecule has 9 nitrogen and oxygen atoms in total. The number of ether oxygens (including phenoxy) is 1. The maximum atomic E-state index is 12.2. The van der Waals surface area contributed by atoms with Crippen molar-refractivity contribution in [1.29, 1.82) is 0 Å². The van der Waals surface area contributed by atoms with Crippen LogP contribution >= 0.6 is 0 Å². The van der Waals surface area contributed by atoms with Crippen LogP contribution in [0.1, 0.15) is 20.7 Å². The van der Waals surface area contributed by atoms with Crippen LogP contribution < -0.4 is 16.0 Å². The summed E-state index contributed by atoms with van der Waals surface area (Å²) in [5.74, 6) is -2.59. The van der Waals surface area contributed by atoms with E-state index in [2.05, 4.69) is 0 Å². The van der Waals surface area contributed by atoms with Crippen LogP contribution in [0.15, 0.2) is 60.9 Å². The van der Waals surface area contributed by atoms with Gasteiger partial charge in [0.1, 0.15) is 28.0 Å². The van der Waals surface area contributed by atoms with E-state index < -0.39 is 34.3 Å². The summed E-state index contributed by atoms with van der Waals surface area (Å²) in [4.78, 5) is 47.1. The topological polar surface area (TPSA) is 144 Å². The average molecular weight is 408 g/mol. The van der Waals surface area contributed by atoms with Crippen LogP contribution in [-0.2, 0) is 0 Å². The normalized spacial score (nSPS) is 11.0. The van der Waals surface area contributed by atoms with Crippen LogP contribution in [0, 0.1) is 0 Å². The van der Waals surface area contributed by atoms with Crippen LogP contribution in [0.2, 0.25) is 0 Å². The fourth-order valence-corrected chi connectivity index (χ4v) is 3.24. The second-order valence-electron chi connectivity index (χ2n) is 6.29. The molecule has 2 aromatic heterocycles. The highest BCUT2D eigenvalue weighted by atomic mass is 16.5. The zero-order valence-electron chi connectivity index (χ0n) is 15.3. The molecule has 0 spiro atoms. The molecule has 2 heterocycles. The van der Waals surface area contributed by atoms with Crippen molar-refractivity contribution in [1.82, 2.24) is 0 Å². The summed E-state index contributed by atoms with van der Waals surface area (Å²) < 4.78 is 15.9. The van der Waals surface area contributed by atoms with Crippen LogP contribution in [0.25, 0.3) is 33.1 Å². The van der Waals surface area contributed by atoms with Crippen molar-refractivity contribution in [3.05, 3.63) is 74.4 Å². The van der Waals surface area contributed by atoms with Crippen molar-refractivity contribution >= 4 is 33.9 Å². The first-order valence-corrected chi connectivity index (χ1v) is 8.50. The van der Waals surface area contributed by atoms with Crippen molar-refractivity contribution in [2.45, 2.75) is 0 Å². The van der Waals surface area contributed by atoms with Gasteiger partial charge in [0.25, 0.3) is 0 Å². The van der Waals surface area contributed by atoms with E-state index in [9.17, 15) is 29.4 Å². The Morgan fingerprint density at radius 1 is 0.833 bits per heavy atom. The summed E-state index contributed by atoms with van der Waals surface area (Å²) in [6.45, 7) is 0. The van der Waals surface area contributed by atoms with Gasteiger partial charge in [0, 0.05) is 16.3 Å². The Hall–Kier alpha value is -4.40. The van der Waals surface area contributed by atoms with Gasteiger partial charge in [-0.1, -0.05) is 18.2 Å². The third kappa shape index (κ3) is 2.89. The highest BCUT2D eigenvalue weighted by Gasteiger charge is 2.23. The first kappa shape index (κ1) is 18.9. The standard InChI is InChI=1S/C21H12O9/c1-28-14-5-3-2-4-11(14)15-16-9(7-12(18(22)23)20(26)29-16)6-10-8-13(19(24)25)21(27)30-17(10)15/h2-8H,1H3,(H,22,23)(H,24,25). The lowest BCUT2D eigenvalue weighted by molar-refractivity contribution is 0.0681. The molecule has 0 aliphatic carbocycles. The first-order valence-electron chi connectivity index (χ1n) is 8.50. The van der Waals surface area contributed by atoms with Gasteiger partial charge in [-0.05, 0) is 24.3 Å². The smallest absolute Gasteiger partial charge is 0.351 e. The molecule has 4 aromatic rings. The second-order valence-corrected chi connectivity index (χ2v) is 6.29.